The Hall–Kier alpha value is -3.00. The highest BCUT2D eigenvalue weighted by atomic mass is 32.1. The van der Waals surface area contributed by atoms with E-state index in [1.807, 2.05) is 24.3 Å². The molecule has 0 aliphatic heterocycles. The number of thiazole rings is 1. The molecule has 0 unspecified atom stereocenters. The molecule has 0 fully saturated rings. The predicted octanol–water partition coefficient (Wildman–Crippen LogP) is 1.56. The zero-order valence-corrected chi connectivity index (χ0v) is 12.8. The molecule has 2 amide bonds. The molecule has 2 heterocycles. The van der Waals surface area contributed by atoms with Crippen molar-refractivity contribution in [2.45, 2.75) is 0 Å². The Morgan fingerprint density at radius 3 is 2.61 bits per heavy atom. The van der Waals surface area contributed by atoms with Crippen LogP contribution in [-0.2, 0) is 4.79 Å². The molecule has 1 aromatic carbocycles. The summed E-state index contributed by atoms with van der Waals surface area (Å²) in [6.45, 7) is 0.0104. The molecule has 2 aromatic heterocycles. The molecular weight excluding hydrogens is 314 g/mol. The van der Waals surface area contributed by atoms with Crippen LogP contribution in [0.1, 0.15) is 10.4 Å². The number of amides is 2. The SMILES string of the molecule is O=C(CNc1nc2ccccc2s1)NNC(=O)c1ccncc1. The van der Waals surface area contributed by atoms with Crippen LogP contribution in [0.2, 0.25) is 0 Å². The highest BCUT2D eigenvalue weighted by Crippen LogP contribution is 2.24. The van der Waals surface area contributed by atoms with Crippen molar-refractivity contribution in [3.63, 3.8) is 0 Å². The van der Waals surface area contributed by atoms with Crippen molar-refractivity contribution >= 4 is 38.5 Å². The van der Waals surface area contributed by atoms with Crippen LogP contribution in [0.25, 0.3) is 10.2 Å². The van der Waals surface area contributed by atoms with Gasteiger partial charge in [-0.05, 0) is 24.3 Å². The van der Waals surface area contributed by atoms with E-state index in [-0.39, 0.29) is 12.5 Å². The summed E-state index contributed by atoms with van der Waals surface area (Å²) >= 11 is 1.46. The summed E-state index contributed by atoms with van der Waals surface area (Å²) in [5, 5.41) is 3.59. The van der Waals surface area contributed by atoms with Crippen molar-refractivity contribution < 1.29 is 9.59 Å². The number of nitrogens with one attached hydrogen (secondary N) is 3. The average molecular weight is 327 g/mol. The van der Waals surface area contributed by atoms with Crippen LogP contribution in [0.3, 0.4) is 0 Å². The second-order valence-corrected chi connectivity index (χ2v) is 5.61. The zero-order valence-electron chi connectivity index (χ0n) is 11.9. The maximum Gasteiger partial charge on any atom is 0.269 e. The van der Waals surface area contributed by atoms with Gasteiger partial charge in [0.2, 0.25) is 0 Å². The minimum atomic E-state index is -0.402. The number of carbonyl (C=O) groups excluding carboxylic acids is 2. The molecule has 0 aliphatic rings. The molecule has 3 rings (SSSR count). The molecule has 8 heteroatoms. The fourth-order valence-electron chi connectivity index (χ4n) is 1.85. The van der Waals surface area contributed by atoms with E-state index < -0.39 is 5.91 Å². The molecule has 0 spiro atoms. The number of hydrogen-bond donors (Lipinski definition) is 3. The maximum atomic E-state index is 11.8. The van der Waals surface area contributed by atoms with Gasteiger partial charge in [0.25, 0.3) is 11.8 Å². The van der Waals surface area contributed by atoms with Crippen molar-refractivity contribution in [1.82, 2.24) is 20.8 Å². The molecule has 0 radical (unpaired) electrons. The summed E-state index contributed by atoms with van der Waals surface area (Å²) in [4.78, 5) is 31.7. The zero-order chi connectivity index (χ0) is 16.1. The standard InChI is InChI=1S/C15H13N5O2S/c21-13(19-20-14(22)10-5-7-16-8-6-10)9-17-15-18-11-3-1-2-4-12(11)23-15/h1-8H,9H2,(H,17,18)(H,19,21)(H,20,22). The highest BCUT2D eigenvalue weighted by Gasteiger charge is 2.08. The Balaban J connectivity index is 1.49. The van der Waals surface area contributed by atoms with Gasteiger partial charge in [-0.2, -0.15) is 0 Å². The molecule has 0 aliphatic carbocycles. The van der Waals surface area contributed by atoms with Gasteiger partial charge in [-0.1, -0.05) is 23.5 Å². The third-order valence-corrected chi connectivity index (χ3v) is 3.95. The summed E-state index contributed by atoms with van der Waals surface area (Å²) in [5.74, 6) is -0.771. The summed E-state index contributed by atoms with van der Waals surface area (Å²) in [5.41, 5.74) is 5.98. The van der Waals surface area contributed by atoms with E-state index in [1.165, 1.54) is 23.7 Å². The van der Waals surface area contributed by atoms with Crippen molar-refractivity contribution in [2.24, 2.45) is 0 Å². The summed E-state index contributed by atoms with van der Waals surface area (Å²) in [6.07, 6.45) is 3.01. The first-order valence-corrected chi connectivity index (χ1v) is 7.63. The smallest absolute Gasteiger partial charge is 0.269 e. The summed E-state index contributed by atoms with van der Waals surface area (Å²) in [7, 11) is 0. The fourth-order valence-corrected chi connectivity index (χ4v) is 2.71. The van der Waals surface area contributed by atoms with Crippen molar-refractivity contribution in [2.75, 3.05) is 11.9 Å². The first-order valence-electron chi connectivity index (χ1n) is 6.81. The molecule has 0 atom stereocenters. The van der Waals surface area contributed by atoms with Gasteiger partial charge in [0.1, 0.15) is 0 Å². The molecule has 0 saturated heterocycles. The van der Waals surface area contributed by atoms with E-state index in [2.05, 4.69) is 26.1 Å². The number of carbonyl (C=O) groups is 2. The highest BCUT2D eigenvalue weighted by molar-refractivity contribution is 7.22. The van der Waals surface area contributed by atoms with E-state index >= 15 is 0 Å². The third-order valence-electron chi connectivity index (χ3n) is 2.95. The van der Waals surface area contributed by atoms with Gasteiger partial charge < -0.3 is 5.32 Å². The Morgan fingerprint density at radius 2 is 1.83 bits per heavy atom. The molecule has 116 valence electrons. The number of pyridine rings is 1. The molecule has 7 nitrogen and oxygen atoms in total. The lowest BCUT2D eigenvalue weighted by atomic mass is 10.3. The van der Waals surface area contributed by atoms with Gasteiger partial charge in [-0.15, -0.1) is 0 Å². The number of para-hydroxylation sites is 1. The number of hydrogen-bond acceptors (Lipinski definition) is 6. The van der Waals surface area contributed by atoms with Crippen LogP contribution < -0.4 is 16.2 Å². The van der Waals surface area contributed by atoms with E-state index in [1.54, 1.807) is 12.1 Å². The summed E-state index contributed by atoms with van der Waals surface area (Å²) < 4.78 is 1.04. The Kier molecular flexibility index (Phi) is 4.44. The molecule has 0 saturated carbocycles. The first kappa shape index (κ1) is 14.9. The Morgan fingerprint density at radius 1 is 1.04 bits per heavy atom. The van der Waals surface area contributed by atoms with Crippen LogP contribution in [0.4, 0.5) is 5.13 Å². The average Bonchev–Trinajstić information content (AvgIpc) is 3.01. The van der Waals surface area contributed by atoms with Gasteiger partial charge in [0.05, 0.1) is 16.8 Å². The lowest BCUT2D eigenvalue weighted by Gasteiger charge is -2.07. The van der Waals surface area contributed by atoms with E-state index in [4.69, 9.17) is 0 Å². The maximum absolute atomic E-state index is 11.8. The summed E-state index contributed by atoms with van der Waals surface area (Å²) in [6, 6.07) is 10.8. The van der Waals surface area contributed by atoms with Crippen LogP contribution in [0.5, 0.6) is 0 Å². The van der Waals surface area contributed by atoms with Crippen LogP contribution in [0.15, 0.2) is 48.8 Å². The van der Waals surface area contributed by atoms with Gasteiger partial charge in [-0.25, -0.2) is 4.98 Å². The largest absolute Gasteiger partial charge is 0.352 e. The number of benzene rings is 1. The topological polar surface area (TPSA) is 96.0 Å². The molecular formula is C15H13N5O2S. The first-order chi connectivity index (χ1) is 11.2. The van der Waals surface area contributed by atoms with Crippen LogP contribution >= 0.6 is 11.3 Å². The van der Waals surface area contributed by atoms with Crippen LogP contribution in [-0.4, -0.2) is 28.3 Å². The molecule has 23 heavy (non-hydrogen) atoms. The molecule has 0 bridgehead atoms. The normalized spacial score (nSPS) is 10.3. The molecule has 3 aromatic rings. The van der Waals surface area contributed by atoms with Crippen LogP contribution in [0, 0.1) is 0 Å². The van der Waals surface area contributed by atoms with Crippen molar-refractivity contribution in [3.8, 4) is 0 Å². The monoisotopic (exact) mass is 327 g/mol. The Labute approximate surface area is 135 Å². The number of nitrogens with zero attached hydrogens (tertiary/aromatic N) is 2. The lowest BCUT2D eigenvalue weighted by molar-refractivity contribution is -0.120. The van der Waals surface area contributed by atoms with E-state index in [0.29, 0.717) is 10.7 Å². The van der Waals surface area contributed by atoms with Gasteiger partial charge in [0, 0.05) is 18.0 Å². The number of fused-ring (bicyclic) bond motifs is 1. The quantitative estimate of drug-likeness (QED) is 0.632. The number of aromatic nitrogens is 2. The third kappa shape index (κ3) is 3.80. The van der Waals surface area contributed by atoms with E-state index in [0.717, 1.165) is 10.2 Å². The van der Waals surface area contributed by atoms with Gasteiger partial charge in [-0.3, -0.25) is 25.4 Å². The fraction of sp³-hybridized carbons (Fsp3) is 0.0667. The van der Waals surface area contributed by atoms with E-state index in [9.17, 15) is 9.59 Å². The second-order valence-electron chi connectivity index (χ2n) is 4.58. The second kappa shape index (κ2) is 6.84. The van der Waals surface area contributed by atoms with Gasteiger partial charge >= 0.3 is 0 Å². The minimum Gasteiger partial charge on any atom is -0.352 e. The number of hydrazine groups is 1. The minimum absolute atomic E-state index is 0.0104. The molecule has 3 N–H and O–H groups in total. The predicted molar refractivity (Wildman–Crippen MR) is 88.0 cm³/mol. The Bertz CT molecular complexity index is 801. The van der Waals surface area contributed by atoms with Crippen molar-refractivity contribution in [3.05, 3.63) is 54.4 Å². The number of anilines is 1. The lowest BCUT2D eigenvalue weighted by Crippen LogP contribution is -2.44. The number of rotatable bonds is 4. The van der Waals surface area contributed by atoms with Crippen molar-refractivity contribution in [1.29, 1.82) is 0 Å². The van der Waals surface area contributed by atoms with Gasteiger partial charge in [0.15, 0.2) is 5.13 Å².